The van der Waals surface area contributed by atoms with Gasteiger partial charge in [0.05, 0.1) is 11.6 Å². The maximum atomic E-state index is 12.1. The molecule has 4 nitrogen and oxygen atoms in total. The van der Waals surface area contributed by atoms with Crippen LogP contribution in [0.4, 0.5) is 0 Å². The molecule has 4 heteroatoms. The number of nitrogens with zero attached hydrogens (tertiary/aromatic N) is 1. The van der Waals surface area contributed by atoms with Gasteiger partial charge in [0.25, 0.3) is 0 Å². The van der Waals surface area contributed by atoms with Crippen molar-refractivity contribution in [1.82, 2.24) is 0 Å². The number of fused-ring (bicyclic) bond motifs is 1. The van der Waals surface area contributed by atoms with Gasteiger partial charge in [-0.1, -0.05) is 41.6 Å². The van der Waals surface area contributed by atoms with Crippen LogP contribution < -0.4 is 5.43 Å². The van der Waals surface area contributed by atoms with Crippen LogP contribution in [0.15, 0.2) is 69.0 Å². The van der Waals surface area contributed by atoms with Crippen LogP contribution in [0.25, 0.3) is 22.3 Å². The van der Waals surface area contributed by atoms with Gasteiger partial charge in [-0.25, -0.2) is 0 Å². The van der Waals surface area contributed by atoms with Gasteiger partial charge < -0.3 is 9.25 Å². The summed E-state index contributed by atoms with van der Waals surface area (Å²) in [5.41, 5.74) is 2.29. The van der Waals surface area contributed by atoms with Gasteiger partial charge >= 0.3 is 0 Å². The van der Waals surface area contributed by atoms with Gasteiger partial charge in [-0.05, 0) is 17.7 Å². The summed E-state index contributed by atoms with van der Waals surface area (Å²) in [7, 11) is 1.49. The first-order valence-corrected chi connectivity index (χ1v) is 6.48. The second-order valence-electron chi connectivity index (χ2n) is 4.51. The minimum absolute atomic E-state index is 0.0446. The van der Waals surface area contributed by atoms with Gasteiger partial charge in [-0.3, -0.25) is 4.79 Å². The Hall–Kier alpha value is -2.88. The van der Waals surface area contributed by atoms with Gasteiger partial charge in [-0.15, -0.1) is 0 Å². The third kappa shape index (κ3) is 2.69. The van der Waals surface area contributed by atoms with Crippen molar-refractivity contribution in [3.63, 3.8) is 0 Å². The SMILES string of the molecule is CO/N=C/c1ccc(-c2cc(=O)c3ccccc3o2)cc1. The van der Waals surface area contributed by atoms with E-state index in [9.17, 15) is 4.79 Å². The quantitative estimate of drug-likeness (QED) is 0.545. The second kappa shape index (κ2) is 5.63. The van der Waals surface area contributed by atoms with Gasteiger partial charge in [0.2, 0.25) is 0 Å². The molecule has 0 radical (unpaired) electrons. The molecule has 0 amide bonds. The van der Waals surface area contributed by atoms with Crippen LogP contribution in [0, 0.1) is 0 Å². The van der Waals surface area contributed by atoms with E-state index in [1.165, 1.54) is 13.2 Å². The van der Waals surface area contributed by atoms with E-state index >= 15 is 0 Å². The van der Waals surface area contributed by atoms with E-state index in [4.69, 9.17) is 4.42 Å². The highest BCUT2D eigenvalue weighted by Crippen LogP contribution is 2.22. The van der Waals surface area contributed by atoms with Crippen LogP contribution >= 0.6 is 0 Å². The molecule has 0 N–H and O–H groups in total. The lowest BCUT2D eigenvalue weighted by Gasteiger charge is -2.03. The molecule has 3 rings (SSSR count). The Bertz CT molecular complexity index is 848. The minimum Gasteiger partial charge on any atom is -0.456 e. The van der Waals surface area contributed by atoms with Crippen molar-refractivity contribution in [3.8, 4) is 11.3 Å². The highest BCUT2D eigenvalue weighted by atomic mass is 16.6. The van der Waals surface area contributed by atoms with E-state index < -0.39 is 0 Å². The van der Waals surface area contributed by atoms with Crippen molar-refractivity contribution in [2.24, 2.45) is 5.16 Å². The molecule has 0 saturated heterocycles. The largest absolute Gasteiger partial charge is 0.456 e. The fourth-order valence-corrected chi connectivity index (χ4v) is 2.09. The molecule has 0 fully saturated rings. The summed E-state index contributed by atoms with van der Waals surface area (Å²) in [6, 6.07) is 16.3. The molecule has 1 aromatic heterocycles. The van der Waals surface area contributed by atoms with Crippen molar-refractivity contribution in [2.75, 3.05) is 7.11 Å². The first-order chi connectivity index (χ1) is 10.3. The maximum absolute atomic E-state index is 12.1. The molecular formula is C17H13NO3. The third-order valence-electron chi connectivity index (χ3n) is 3.14. The van der Waals surface area contributed by atoms with E-state index in [2.05, 4.69) is 9.99 Å². The lowest BCUT2D eigenvalue weighted by Crippen LogP contribution is -1.99. The molecule has 104 valence electrons. The molecule has 0 bridgehead atoms. The van der Waals surface area contributed by atoms with Gasteiger partial charge in [-0.2, -0.15) is 0 Å². The van der Waals surface area contributed by atoms with Crippen LogP contribution in [0.1, 0.15) is 5.56 Å². The lowest BCUT2D eigenvalue weighted by molar-refractivity contribution is 0.215. The Labute approximate surface area is 121 Å². The summed E-state index contributed by atoms with van der Waals surface area (Å²) in [6.07, 6.45) is 1.61. The smallest absolute Gasteiger partial charge is 0.193 e. The first-order valence-electron chi connectivity index (χ1n) is 6.48. The van der Waals surface area contributed by atoms with Crippen molar-refractivity contribution in [3.05, 3.63) is 70.4 Å². The zero-order valence-electron chi connectivity index (χ0n) is 11.4. The van der Waals surface area contributed by atoms with Gasteiger partial charge in [0.1, 0.15) is 18.5 Å². The van der Waals surface area contributed by atoms with Crippen molar-refractivity contribution >= 4 is 17.2 Å². The number of oxime groups is 1. The van der Waals surface area contributed by atoms with Crippen molar-refractivity contribution < 1.29 is 9.25 Å². The summed E-state index contributed by atoms with van der Waals surface area (Å²) in [6.45, 7) is 0. The average molecular weight is 279 g/mol. The Morgan fingerprint density at radius 2 is 1.86 bits per heavy atom. The normalized spacial score (nSPS) is 11.1. The third-order valence-corrected chi connectivity index (χ3v) is 3.14. The topological polar surface area (TPSA) is 51.8 Å². The molecule has 21 heavy (non-hydrogen) atoms. The number of hydrogen-bond acceptors (Lipinski definition) is 4. The Morgan fingerprint density at radius 3 is 2.62 bits per heavy atom. The number of benzene rings is 2. The molecule has 1 heterocycles. The van der Waals surface area contributed by atoms with Crippen molar-refractivity contribution in [1.29, 1.82) is 0 Å². The second-order valence-corrected chi connectivity index (χ2v) is 4.51. The standard InChI is InChI=1S/C17H13NO3/c1-20-18-11-12-6-8-13(9-7-12)17-10-15(19)14-4-2-3-5-16(14)21-17/h2-11H,1H3/b18-11+. The number of hydrogen-bond donors (Lipinski definition) is 0. The van der Waals surface area contributed by atoms with E-state index in [-0.39, 0.29) is 5.43 Å². The Morgan fingerprint density at radius 1 is 1.10 bits per heavy atom. The first kappa shape index (κ1) is 13.1. The van der Waals surface area contributed by atoms with Crippen molar-refractivity contribution in [2.45, 2.75) is 0 Å². The summed E-state index contributed by atoms with van der Waals surface area (Å²) >= 11 is 0. The summed E-state index contributed by atoms with van der Waals surface area (Å²) in [5.74, 6) is 0.550. The molecular weight excluding hydrogens is 266 g/mol. The van der Waals surface area contributed by atoms with Crippen LogP contribution in [-0.4, -0.2) is 13.3 Å². The maximum Gasteiger partial charge on any atom is 0.193 e. The molecule has 0 aliphatic carbocycles. The van der Waals surface area contributed by atoms with Crippen LogP contribution in [0.3, 0.4) is 0 Å². The van der Waals surface area contributed by atoms with Crippen LogP contribution in [-0.2, 0) is 4.84 Å². The Balaban J connectivity index is 2.04. The summed E-state index contributed by atoms with van der Waals surface area (Å²) in [5, 5.41) is 4.29. The summed E-state index contributed by atoms with van der Waals surface area (Å²) in [4.78, 5) is 16.7. The Kier molecular flexibility index (Phi) is 3.51. The van der Waals surface area contributed by atoms with Crippen LogP contribution in [0.5, 0.6) is 0 Å². The highest BCUT2D eigenvalue weighted by molar-refractivity contribution is 5.81. The van der Waals surface area contributed by atoms with E-state index in [0.717, 1.165) is 11.1 Å². The minimum atomic E-state index is -0.0446. The monoisotopic (exact) mass is 279 g/mol. The van der Waals surface area contributed by atoms with Gasteiger partial charge in [0.15, 0.2) is 5.43 Å². The van der Waals surface area contributed by atoms with E-state index in [1.807, 2.05) is 36.4 Å². The molecule has 2 aromatic carbocycles. The molecule has 0 aliphatic heterocycles. The predicted molar refractivity (Wildman–Crippen MR) is 82.5 cm³/mol. The molecule has 0 aliphatic rings. The number of para-hydroxylation sites is 1. The van der Waals surface area contributed by atoms with Gasteiger partial charge in [0, 0.05) is 11.6 Å². The molecule has 0 atom stereocenters. The molecule has 0 unspecified atom stereocenters. The molecule has 0 saturated carbocycles. The zero-order chi connectivity index (χ0) is 14.7. The fourth-order valence-electron chi connectivity index (χ4n) is 2.09. The molecule has 3 aromatic rings. The van der Waals surface area contributed by atoms with Crippen LogP contribution in [0.2, 0.25) is 0 Å². The average Bonchev–Trinajstić information content (AvgIpc) is 2.53. The highest BCUT2D eigenvalue weighted by Gasteiger charge is 2.06. The predicted octanol–water partition coefficient (Wildman–Crippen LogP) is 3.44. The zero-order valence-corrected chi connectivity index (χ0v) is 11.4. The fraction of sp³-hybridized carbons (Fsp3) is 0.0588. The summed E-state index contributed by atoms with van der Waals surface area (Å²) < 4.78 is 5.79. The lowest BCUT2D eigenvalue weighted by atomic mass is 10.1. The number of rotatable bonds is 3. The van der Waals surface area contributed by atoms with E-state index in [0.29, 0.717) is 16.7 Å². The van der Waals surface area contributed by atoms with E-state index in [1.54, 1.807) is 18.3 Å². The molecule has 0 spiro atoms.